The van der Waals surface area contributed by atoms with Gasteiger partial charge in [0.25, 0.3) is 0 Å². The Balaban J connectivity index is 1.95. The first-order valence-corrected chi connectivity index (χ1v) is 6.41. The van der Waals surface area contributed by atoms with Crippen molar-refractivity contribution >= 4 is 11.6 Å². The largest absolute Gasteiger partial charge is 0.485 e. The average Bonchev–Trinajstić information content (AvgIpc) is 2.39. The fourth-order valence-corrected chi connectivity index (χ4v) is 2.53. The summed E-state index contributed by atoms with van der Waals surface area (Å²) in [5.74, 6) is 0.146. The van der Waals surface area contributed by atoms with Gasteiger partial charge in [-0.2, -0.15) is 0 Å². The van der Waals surface area contributed by atoms with Crippen molar-refractivity contribution in [1.82, 2.24) is 0 Å². The van der Waals surface area contributed by atoms with Gasteiger partial charge in [-0.15, -0.1) is 0 Å². The molecule has 0 bridgehead atoms. The van der Waals surface area contributed by atoms with E-state index < -0.39 is 6.10 Å². The monoisotopic (exact) mass is 278 g/mol. The highest BCUT2D eigenvalue weighted by molar-refractivity contribution is 6.30. The molecule has 0 spiro atoms. The van der Waals surface area contributed by atoms with E-state index in [0.717, 1.165) is 5.56 Å². The zero-order chi connectivity index (χ0) is 13.4. The van der Waals surface area contributed by atoms with E-state index >= 15 is 0 Å². The first-order chi connectivity index (χ1) is 9.13. The fourth-order valence-electron chi connectivity index (χ4n) is 2.33. The number of aliphatic hydroxyl groups is 1. The third kappa shape index (κ3) is 2.44. The van der Waals surface area contributed by atoms with Crippen LogP contribution in [0.5, 0.6) is 5.75 Å². The zero-order valence-corrected chi connectivity index (χ0v) is 10.8. The third-order valence-corrected chi connectivity index (χ3v) is 3.49. The molecule has 4 heteroatoms. The maximum absolute atomic E-state index is 13.2. The summed E-state index contributed by atoms with van der Waals surface area (Å²) in [5, 5.41) is 10.7. The van der Waals surface area contributed by atoms with Crippen molar-refractivity contribution in [3.63, 3.8) is 0 Å². The Labute approximate surface area is 115 Å². The molecule has 0 amide bonds. The number of ether oxygens (including phenoxy) is 1. The van der Waals surface area contributed by atoms with Gasteiger partial charge >= 0.3 is 0 Å². The first kappa shape index (κ1) is 12.5. The van der Waals surface area contributed by atoms with Crippen molar-refractivity contribution in [2.24, 2.45) is 0 Å². The Morgan fingerprint density at radius 3 is 2.84 bits per heavy atom. The van der Waals surface area contributed by atoms with Crippen LogP contribution in [0, 0.1) is 5.82 Å². The van der Waals surface area contributed by atoms with Crippen LogP contribution in [0.1, 0.15) is 29.8 Å². The maximum Gasteiger partial charge on any atom is 0.127 e. The van der Waals surface area contributed by atoms with Crippen LogP contribution >= 0.6 is 11.6 Å². The second-order valence-corrected chi connectivity index (χ2v) is 5.03. The van der Waals surface area contributed by atoms with Gasteiger partial charge in [-0.05, 0) is 35.9 Å². The average molecular weight is 279 g/mol. The van der Waals surface area contributed by atoms with Crippen molar-refractivity contribution < 1.29 is 14.2 Å². The molecule has 19 heavy (non-hydrogen) atoms. The lowest BCUT2D eigenvalue weighted by molar-refractivity contribution is 0.0653. The molecule has 1 aliphatic heterocycles. The molecule has 2 nitrogen and oxygen atoms in total. The van der Waals surface area contributed by atoms with Crippen LogP contribution in [0.25, 0.3) is 0 Å². The summed E-state index contributed by atoms with van der Waals surface area (Å²) in [5.41, 5.74) is 1.40. The summed E-state index contributed by atoms with van der Waals surface area (Å²) in [6.45, 7) is 0. The minimum Gasteiger partial charge on any atom is -0.485 e. The molecule has 0 radical (unpaired) electrons. The molecule has 1 N–H and O–H groups in total. The number of hydrogen-bond acceptors (Lipinski definition) is 2. The topological polar surface area (TPSA) is 29.5 Å². The standard InChI is InChI=1S/C15H12ClFO2/c16-10-3-1-2-9(6-10)15-8-13(18)12-7-11(17)4-5-14(12)19-15/h1-7,13,15,18H,8H2. The van der Waals surface area contributed by atoms with Gasteiger partial charge in [0.05, 0.1) is 6.10 Å². The van der Waals surface area contributed by atoms with Crippen molar-refractivity contribution in [2.45, 2.75) is 18.6 Å². The number of fused-ring (bicyclic) bond motifs is 1. The highest BCUT2D eigenvalue weighted by atomic mass is 35.5. The van der Waals surface area contributed by atoms with Crippen molar-refractivity contribution in [3.8, 4) is 5.75 Å². The number of benzene rings is 2. The highest BCUT2D eigenvalue weighted by Crippen LogP contribution is 2.41. The first-order valence-electron chi connectivity index (χ1n) is 6.03. The fraction of sp³-hybridized carbons (Fsp3) is 0.200. The van der Waals surface area contributed by atoms with Gasteiger partial charge in [-0.1, -0.05) is 23.7 Å². The molecule has 0 saturated heterocycles. The van der Waals surface area contributed by atoms with Crippen molar-refractivity contribution in [1.29, 1.82) is 0 Å². The summed E-state index contributed by atoms with van der Waals surface area (Å²) in [6, 6.07) is 11.5. The molecule has 0 fully saturated rings. The van der Waals surface area contributed by atoms with Crippen LogP contribution in [-0.2, 0) is 0 Å². The molecule has 2 aromatic rings. The van der Waals surface area contributed by atoms with Gasteiger partial charge in [-0.25, -0.2) is 4.39 Å². The second-order valence-electron chi connectivity index (χ2n) is 4.60. The van der Waals surface area contributed by atoms with Gasteiger partial charge in [0.2, 0.25) is 0 Å². The predicted molar refractivity (Wildman–Crippen MR) is 70.8 cm³/mol. The van der Waals surface area contributed by atoms with Gasteiger partial charge in [0.15, 0.2) is 0 Å². The van der Waals surface area contributed by atoms with E-state index in [9.17, 15) is 9.50 Å². The van der Waals surface area contributed by atoms with E-state index in [0.29, 0.717) is 22.8 Å². The van der Waals surface area contributed by atoms with Crippen molar-refractivity contribution in [2.75, 3.05) is 0 Å². The quantitative estimate of drug-likeness (QED) is 0.853. The van der Waals surface area contributed by atoms with E-state index in [2.05, 4.69) is 0 Å². The van der Waals surface area contributed by atoms with Crippen LogP contribution < -0.4 is 4.74 Å². The molecule has 0 aromatic heterocycles. The summed E-state index contributed by atoms with van der Waals surface area (Å²) in [4.78, 5) is 0. The van der Waals surface area contributed by atoms with E-state index in [1.54, 1.807) is 12.1 Å². The number of rotatable bonds is 1. The number of aliphatic hydroxyl groups excluding tert-OH is 1. The second kappa shape index (κ2) is 4.83. The summed E-state index contributed by atoms with van der Waals surface area (Å²) >= 11 is 5.95. The lowest BCUT2D eigenvalue weighted by Gasteiger charge is -2.30. The molecular weight excluding hydrogens is 267 g/mol. The van der Waals surface area contributed by atoms with Gasteiger partial charge in [0, 0.05) is 17.0 Å². The van der Waals surface area contributed by atoms with E-state index in [1.165, 1.54) is 12.1 Å². The molecule has 2 aromatic carbocycles. The third-order valence-electron chi connectivity index (χ3n) is 3.26. The minimum absolute atomic E-state index is 0.272. The van der Waals surface area contributed by atoms with Crippen LogP contribution in [0.3, 0.4) is 0 Å². The molecule has 2 atom stereocenters. The lowest BCUT2D eigenvalue weighted by atomic mass is 9.95. The van der Waals surface area contributed by atoms with Crippen LogP contribution in [0.15, 0.2) is 42.5 Å². The lowest BCUT2D eigenvalue weighted by Crippen LogP contribution is -2.19. The molecule has 3 rings (SSSR count). The smallest absolute Gasteiger partial charge is 0.127 e. The van der Waals surface area contributed by atoms with Gasteiger partial charge < -0.3 is 9.84 Å². The summed E-state index contributed by atoms with van der Waals surface area (Å²) in [7, 11) is 0. The van der Waals surface area contributed by atoms with E-state index in [4.69, 9.17) is 16.3 Å². The van der Waals surface area contributed by atoms with Gasteiger partial charge in [-0.3, -0.25) is 0 Å². The van der Waals surface area contributed by atoms with Crippen LogP contribution in [0.4, 0.5) is 4.39 Å². The number of halogens is 2. The molecular formula is C15H12ClFO2. The van der Waals surface area contributed by atoms with E-state index in [1.807, 2.05) is 18.2 Å². The van der Waals surface area contributed by atoms with Crippen LogP contribution in [0.2, 0.25) is 5.02 Å². The molecule has 1 heterocycles. The van der Waals surface area contributed by atoms with E-state index in [-0.39, 0.29) is 11.9 Å². The molecule has 0 aliphatic carbocycles. The SMILES string of the molecule is OC1CC(c2cccc(Cl)c2)Oc2ccc(F)cc21. The Morgan fingerprint density at radius 1 is 1.21 bits per heavy atom. The number of hydrogen-bond donors (Lipinski definition) is 1. The molecule has 98 valence electrons. The summed E-state index contributed by atoms with van der Waals surface area (Å²) in [6.07, 6.45) is -0.619. The normalized spacial score (nSPS) is 21.6. The Kier molecular flexibility index (Phi) is 3.17. The van der Waals surface area contributed by atoms with Crippen LogP contribution in [-0.4, -0.2) is 5.11 Å². The van der Waals surface area contributed by atoms with Crippen molar-refractivity contribution in [3.05, 3.63) is 64.4 Å². The molecule has 0 saturated carbocycles. The highest BCUT2D eigenvalue weighted by Gasteiger charge is 2.28. The Morgan fingerprint density at radius 2 is 2.05 bits per heavy atom. The summed E-state index contributed by atoms with van der Waals surface area (Å²) < 4.78 is 19.0. The Hall–Kier alpha value is -1.58. The van der Waals surface area contributed by atoms with Gasteiger partial charge in [0.1, 0.15) is 17.7 Å². The Bertz CT molecular complexity index is 615. The minimum atomic E-state index is -0.733. The zero-order valence-electron chi connectivity index (χ0n) is 10.0. The predicted octanol–water partition coefficient (Wildman–Crippen LogP) is 4.04. The maximum atomic E-state index is 13.2. The molecule has 1 aliphatic rings. The molecule has 2 unspecified atom stereocenters.